The summed E-state index contributed by atoms with van der Waals surface area (Å²) in [6.07, 6.45) is 4.60. The van der Waals surface area contributed by atoms with E-state index in [1.54, 1.807) is 7.11 Å². The maximum atomic E-state index is 12.2. The number of likely N-dealkylation sites (tertiary alicyclic amines) is 2. The molecule has 0 saturated carbocycles. The third-order valence-electron chi connectivity index (χ3n) is 5.31. The van der Waals surface area contributed by atoms with Crippen LogP contribution in [0, 0.1) is 5.41 Å². The van der Waals surface area contributed by atoms with Crippen LogP contribution in [0.1, 0.15) is 39.0 Å². The van der Waals surface area contributed by atoms with E-state index >= 15 is 0 Å². The summed E-state index contributed by atoms with van der Waals surface area (Å²) in [5.41, 5.74) is 0.222. The van der Waals surface area contributed by atoms with Crippen LogP contribution in [0.2, 0.25) is 0 Å². The Hall–Kier alpha value is -1.14. The lowest BCUT2D eigenvalue weighted by atomic mass is 9.73. The van der Waals surface area contributed by atoms with Gasteiger partial charge in [0.05, 0.1) is 6.61 Å². The van der Waals surface area contributed by atoms with Gasteiger partial charge in [-0.05, 0) is 38.0 Å². The number of nitrogens with zero attached hydrogens (tertiary/aromatic N) is 2. The topological polar surface area (TPSA) is 59.1 Å². The van der Waals surface area contributed by atoms with Gasteiger partial charge in [0, 0.05) is 46.3 Å². The van der Waals surface area contributed by atoms with Crippen molar-refractivity contribution in [2.45, 2.75) is 39.0 Å². The number of hydrogen-bond donors (Lipinski definition) is 0. The molecule has 0 aromatic rings. The Morgan fingerprint density at radius 1 is 1.17 bits per heavy atom. The number of hydrogen-bond acceptors (Lipinski definition) is 4. The van der Waals surface area contributed by atoms with Gasteiger partial charge in [-0.2, -0.15) is 0 Å². The fourth-order valence-corrected chi connectivity index (χ4v) is 3.60. The molecule has 2 rings (SSSR count). The standard InChI is InChI=1S/C17H30N2O4/c1-3-23-14-16(21)18-9-6-17(7-10-18)5-4-15(20)19(11-8-17)12-13-22-2/h3-14H2,1-2H3. The zero-order chi connectivity index (χ0) is 16.7. The molecule has 0 aromatic heterocycles. The number of piperidine rings is 1. The Labute approximate surface area is 139 Å². The van der Waals surface area contributed by atoms with Crippen molar-refractivity contribution in [2.24, 2.45) is 5.41 Å². The Kier molecular flexibility index (Phi) is 6.84. The molecule has 1 spiro atoms. The van der Waals surface area contributed by atoms with Crippen LogP contribution in [0.4, 0.5) is 0 Å². The fraction of sp³-hybridized carbons (Fsp3) is 0.882. The SMILES string of the molecule is CCOCC(=O)N1CCC2(CCC(=O)N(CCOC)CC2)CC1. The first-order valence-electron chi connectivity index (χ1n) is 8.72. The molecule has 0 aromatic carbocycles. The van der Waals surface area contributed by atoms with Crippen molar-refractivity contribution < 1.29 is 19.1 Å². The summed E-state index contributed by atoms with van der Waals surface area (Å²) < 4.78 is 10.3. The van der Waals surface area contributed by atoms with Crippen LogP contribution in [0.25, 0.3) is 0 Å². The lowest BCUT2D eigenvalue weighted by Crippen LogP contribution is -2.44. The van der Waals surface area contributed by atoms with Crippen molar-refractivity contribution in [2.75, 3.05) is 53.1 Å². The molecule has 132 valence electrons. The maximum Gasteiger partial charge on any atom is 0.248 e. The van der Waals surface area contributed by atoms with Gasteiger partial charge >= 0.3 is 0 Å². The third-order valence-corrected chi connectivity index (χ3v) is 5.31. The number of amides is 2. The molecule has 2 aliphatic heterocycles. The minimum absolute atomic E-state index is 0.0909. The van der Waals surface area contributed by atoms with Crippen molar-refractivity contribution in [3.05, 3.63) is 0 Å². The first kappa shape index (κ1) is 18.2. The predicted molar refractivity (Wildman–Crippen MR) is 87.0 cm³/mol. The quantitative estimate of drug-likeness (QED) is 0.738. The molecule has 2 saturated heterocycles. The van der Waals surface area contributed by atoms with Crippen molar-refractivity contribution >= 4 is 11.8 Å². The van der Waals surface area contributed by atoms with Crippen LogP contribution >= 0.6 is 0 Å². The predicted octanol–water partition coefficient (Wildman–Crippen LogP) is 1.29. The zero-order valence-electron chi connectivity index (χ0n) is 14.5. The highest BCUT2D eigenvalue weighted by atomic mass is 16.5. The minimum Gasteiger partial charge on any atom is -0.383 e. The first-order valence-corrected chi connectivity index (χ1v) is 8.72. The third kappa shape index (κ3) is 4.91. The molecule has 2 amide bonds. The molecule has 2 heterocycles. The van der Waals surface area contributed by atoms with Gasteiger partial charge in [-0.3, -0.25) is 9.59 Å². The Morgan fingerprint density at radius 3 is 2.52 bits per heavy atom. The van der Waals surface area contributed by atoms with E-state index in [4.69, 9.17) is 9.47 Å². The highest BCUT2D eigenvalue weighted by molar-refractivity contribution is 5.78. The molecular formula is C17H30N2O4. The van der Waals surface area contributed by atoms with Gasteiger partial charge in [0.1, 0.15) is 6.61 Å². The molecule has 23 heavy (non-hydrogen) atoms. The minimum atomic E-state index is 0.0909. The normalized spacial score (nSPS) is 21.6. The number of methoxy groups -OCH3 is 1. The Bertz CT molecular complexity index is 405. The fourth-order valence-electron chi connectivity index (χ4n) is 3.60. The van der Waals surface area contributed by atoms with Crippen LogP contribution in [0.3, 0.4) is 0 Å². The number of carbonyl (C=O) groups is 2. The molecular weight excluding hydrogens is 296 g/mol. The summed E-state index contributed by atoms with van der Waals surface area (Å²) in [4.78, 5) is 28.1. The monoisotopic (exact) mass is 326 g/mol. The van der Waals surface area contributed by atoms with Crippen LogP contribution in [0.5, 0.6) is 0 Å². The van der Waals surface area contributed by atoms with Gasteiger partial charge in [0.2, 0.25) is 11.8 Å². The van der Waals surface area contributed by atoms with Crippen molar-refractivity contribution in [3.63, 3.8) is 0 Å². The summed E-state index contributed by atoms with van der Waals surface area (Å²) in [7, 11) is 1.67. The second-order valence-electron chi connectivity index (χ2n) is 6.64. The summed E-state index contributed by atoms with van der Waals surface area (Å²) >= 11 is 0. The smallest absolute Gasteiger partial charge is 0.248 e. The molecule has 0 unspecified atom stereocenters. The Morgan fingerprint density at radius 2 is 1.87 bits per heavy atom. The number of ether oxygens (including phenoxy) is 2. The van der Waals surface area contributed by atoms with Crippen LogP contribution in [-0.2, 0) is 19.1 Å². The number of carbonyl (C=O) groups excluding carboxylic acids is 2. The molecule has 0 atom stereocenters. The summed E-state index contributed by atoms with van der Waals surface area (Å²) in [5, 5.41) is 0. The Balaban J connectivity index is 1.85. The highest BCUT2D eigenvalue weighted by Gasteiger charge is 2.38. The zero-order valence-corrected chi connectivity index (χ0v) is 14.5. The van der Waals surface area contributed by atoms with Crippen LogP contribution < -0.4 is 0 Å². The molecule has 2 aliphatic rings. The second kappa shape index (κ2) is 8.64. The summed E-state index contributed by atoms with van der Waals surface area (Å²) in [5.74, 6) is 0.335. The van der Waals surface area contributed by atoms with E-state index in [1.165, 1.54) is 0 Å². The van der Waals surface area contributed by atoms with Gasteiger partial charge in [0.15, 0.2) is 0 Å². The second-order valence-corrected chi connectivity index (χ2v) is 6.64. The van der Waals surface area contributed by atoms with E-state index < -0.39 is 0 Å². The lowest BCUT2D eigenvalue weighted by Gasteiger charge is -2.41. The van der Waals surface area contributed by atoms with Crippen molar-refractivity contribution in [3.8, 4) is 0 Å². The number of rotatable bonds is 6. The van der Waals surface area contributed by atoms with E-state index in [9.17, 15) is 9.59 Å². The van der Waals surface area contributed by atoms with Crippen molar-refractivity contribution in [1.82, 2.24) is 9.80 Å². The van der Waals surface area contributed by atoms with Crippen LogP contribution in [-0.4, -0.2) is 74.7 Å². The average Bonchev–Trinajstić information content (AvgIpc) is 2.72. The molecule has 0 aliphatic carbocycles. The van der Waals surface area contributed by atoms with E-state index in [0.717, 1.165) is 45.3 Å². The molecule has 0 radical (unpaired) electrons. The van der Waals surface area contributed by atoms with Gasteiger partial charge < -0.3 is 19.3 Å². The molecule has 0 bridgehead atoms. The lowest BCUT2D eigenvalue weighted by molar-refractivity contribution is -0.138. The summed E-state index contributed by atoms with van der Waals surface area (Å²) in [6.45, 7) is 6.33. The first-order chi connectivity index (χ1) is 11.1. The summed E-state index contributed by atoms with van der Waals surface area (Å²) in [6, 6.07) is 0. The van der Waals surface area contributed by atoms with Crippen LogP contribution in [0.15, 0.2) is 0 Å². The van der Waals surface area contributed by atoms with E-state index in [2.05, 4.69) is 0 Å². The largest absolute Gasteiger partial charge is 0.383 e. The van der Waals surface area contributed by atoms with Gasteiger partial charge in [-0.15, -0.1) is 0 Å². The maximum absolute atomic E-state index is 12.2. The van der Waals surface area contributed by atoms with Crippen molar-refractivity contribution in [1.29, 1.82) is 0 Å². The molecule has 0 N–H and O–H groups in total. The molecule has 6 nitrogen and oxygen atoms in total. The van der Waals surface area contributed by atoms with Gasteiger partial charge in [0.25, 0.3) is 0 Å². The van der Waals surface area contributed by atoms with Gasteiger partial charge in [-0.1, -0.05) is 0 Å². The highest BCUT2D eigenvalue weighted by Crippen LogP contribution is 2.41. The van der Waals surface area contributed by atoms with E-state index in [1.807, 2.05) is 16.7 Å². The van der Waals surface area contributed by atoms with Gasteiger partial charge in [-0.25, -0.2) is 0 Å². The molecule has 6 heteroatoms. The molecule has 2 fully saturated rings. The van der Waals surface area contributed by atoms with E-state index in [-0.39, 0.29) is 23.8 Å². The van der Waals surface area contributed by atoms with E-state index in [0.29, 0.717) is 26.2 Å². The average molecular weight is 326 g/mol.